The first-order chi connectivity index (χ1) is 16.2. The molecule has 0 amide bonds. The standard InChI is InChI=1S/C29H39N2O2/c32-28(29(16-6-1-2-7-17-29)26-10-4-3-5-11-26)33-27-23-31(21-14-25(27)15-22-31)20-8-9-24-12-18-30-19-13-24/h3-5,10-13,18-19,25,27H,1-2,6-9,14-17,20-23H2/q+1/t25?,27-,31?/m0/s1. The number of fused-ring (bicyclic) bond motifs is 3. The molecule has 1 saturated carbocycles. The number of aromatic nitrogens is 1. The van der Waals surface area contributed by atoms with Crippen LogP contribution in [0.2, 0.25) is 0 Å². The Morgan fingerprint density at radius 3 is 2.36 bits per heavy atom. The molecule has 4 heteroatoms. The van der Waals surface area contributed by atoms with Gasteiger partial charge in [-0.05, 0) is 42.5 Å². The van der Waals surface area contributed by atoms with Gasteiger partial charge in [0.25, 0.3) is 0 Å². The van der Waals surface area contributed by atoms with Crippen molar-refractivity contribution >= 4 is 5.97 Å². The van der Waals surface area contributed by atoms with Crippen LogP contribution in [-0.4, -0.2) is 47.7 Å². The largest absolute Gasteiger partial charge is 0.455 e. The predicted octanol–water partition coefficient (Wildman–Crippen LogP) is 5.46. The smallest absolute Gasteiger partial charge is 0.317 e. The van der Waals surface area contributed by atoms with Crippen LogP contribution in [0.15, 0.2) is 54.9 Å². The number of hydrogen-bond donors (Lipinski definition) is 0. The Hall–Kier alpha value is -2.20. The number of carbonyl (C=O) groups excluding carboxylic acids is 1. The van der Waals surface area contributed by atoms with E-state index in [4.69, 9.17) is 4.74 Å². The summed E-state index contributed by atoms with van der Waals surface area (Å²) >= 11 is 0. The Bertz CT molecular complexity index is 898. The molecular weight excluding hydrogens is 408 g/mol. The minimum absolute atomic E-state index is 0.0595. The maximum absolute atomic E-state index is 13.9. The molecular formula is C29H39N2O2+. The molecule has 0 spiro atoms. The number of nitrogens with zero attached hydrogens (tertiary/aromatic N) is 2. The van der Waals surface area contributed by atoms with Gasteiger partial charge in [-0.15, -0.1) is 0 Å². The molecule has 1 aromatic carbocycles. The first-order valence-corrected chi connectivity index (χ1v) is 13.2. The van der Waals surface area contributed by atoms with Gasteiger partial charge in [0.1, 0.15) is 6.54 Å². The normalized spacial score (nSPS) is 28.7. The highest BCUT2D eigenvalue weighted by atomic mass is 16.5. The van der Waals surface area contributed by atoms with Crippen molar-refractivity contribution in [3.63, 3.8) is 0 Å². The fourth-order valence-corrected chi connectivity index (χ4v) is 6.79. The van der Waals surface area contributed by atoms with E-state index in [9.17, 15) is 4.79 Å². The van der Waals surface area contributed by atoms with E-state index in [2.05, 4.69) is 41.4 Å². The van der Waals surface area contributed by atoms with Crippen LogP contribution in [0.25, 0.3) is 0 Å². The maximum Gasteiger partial charge on any atom is 0.317 e. The van der Waals surface area contributed by atoms with E-state index in [1.807, 2.05) is 18.5 Å². The zero-order valence-corrected chi connectivity index (χ0v) is 20.0. The van der Waals surface area contributed by atoms with Gasteiger partial charge in [-0.1, -0.05) is 56.0 Å². The van der Waals surface area contributed by atoms with Crippen molar-refractivity contribution in [3.8, 4) is 0 Å². The van der Waals surface area contributed by atoms with Gasteiger partial charge in [0, 0.05) is 37.6 Å². The molecule has 2 bridgehead atoms. The Kier molecular flexibility index (Phi) is 6.82. The fourth-order valence-electron chi connectivity index (χ4n) is 6.79. The number of pyridine rings is 1. The second-order valence-electron chi connectivity index (χ2n) is 10.8. The Morgan fingerprint density at radius 1 is 0.970 bits per heavy atom. The fraction of sp³-hybridized carbons (Fsp3) is 0.586. The van der Waals surface area contributed by atoms with Gasteiger partial charge < -0.3 is 9.22 Å². The third kappa shape index (κ3) is 4.87. The molecule has 4 fully saturated rings. The molecule has 4 aliphatic rings. The van der Waals surface area contributed by atoms with Crippen molar-refractivity contribution in [2.75, 3.05) is 26.2 Å². The Labute approximate surface area is 199 Å². The number of carbonyl (C=O) groups is 1. The second-order valence-corrected chi connectivity index (χ2v) is 10.8. The first-order valence-electron chi connectivity index (χ1n) is 13.2. The summed E-state index contributed by atoms with van der Waals surface area (Å²) in [7, 11) is 0. The third-order valence-electron chi connectivity index (χ3n) is 8.82. The lowest BCUT2D eigenvalue weighted by Gasteiger charge is -2.52. The number of hydrogen-bond acceptors (Lipinski definition) is 3. The summed E-state index contributed by atoms with van der Waals surface area (Å²) in [6.45, 7) is 4.70. The van der Waals surface area contributed by atoms with Crippen LogP contribution in [0.3, 0.4) is 0 Å². The molecule has 1 aliphatic carbocycles. The van der Waals surface area contributed by atoms with Crippen molar-refractivity contribution in [1.29, 1.82) is 0 Å². The Balaban J connectivity index is 1.27. The highest BCUT2D eigenvalue weighted by Crippen LogP contribution is 2.42. The van der Waals surface area contributed by atoms with Crippen LogP contribution in [0.1, 0.15) is 68.9 Å². The number of aryl methyl sites for hydroxylation is 1. The number of esters is 1. The summed E-state index contributed by atoms with van der Waals surface area (Å²) in [6.07, 6.45) is 15.1. The molecule has 176 valence electrons. The van der Waals surface area contributed by atoms with Crippen LogP contribution in [0.5, 0.6) is 0 Å². The number of piperidine rings is 3. The summed E-state index contributed by atoms with van der Waals surface area (Å²) < 4.78 is 7.64. The summed E-state index contributed by atoms with van der Waals surface area (Å²) in [4.78, 5) is 18.0. The molecule has 3 saturated heterocycles. The molecule has 0 N–H and O–H groups in total. The highest BCUT2D eigenvalue weighted by molar-refractivity contribution is 5.83. The number of rotatable bonds is 7. The molecule has 1 aromatic heterocycles. The third-order valence-corrected chi connectivity index (χ3v) is 8.82. The number of ether oxygens (including phenoxy) is 1. The highest BCUT2D eigenvalue weighted by Gasteiger charge is 2.50. The SMILES string of the molecule is O=C(O[C@H]1C[N+]2(CCCc3ccncc3)CCC1CC2)C1(c2ccccc2)CCCCCC1. The second kappa shape index (κ2) is 9.97. The summed E-state index contributed by atoms with van der Waals surface area (Å²) in [5.41, 5.74) is 2.09. The van der Waals surface area contributed by atoms with Crippen molar-refractivity contribution in [2.45, 2.75) is 75.7 Å². The average Bonchev–Trinajstić information content (AvgIpc) is 3.13. The van der Waals surface area contributed by atoms with Gasteiger partial charge in [-0.3, -0.25) is 9.78 Å². The van der Waals surface area contributed by atoms with E-state index < -0.39 is 5.41 Å². The van der Waals surface area contributed by atoms with E-state index in [1.165, 1.54) is 62.9 Å². The van der Waals surface area contributed by atoms with Crippen molar-refractivity contribution in [2.24, 2.45) is 5.92 Å². The molecule has 33 heavy (non-hydrogen) atoms. The van der Waals surface area contributed by atoms with Crippen molar-refractivity contribution in [3.05, 3.63) is 66.0 Å². The van der Waals surface area contributed by atoms with Crippen LogP contribution >= 0.6 is 0 Å². The van der Waals surface area contributed by atoms with Crippen LogP contribution in [-0.2, 0) is 21.4 Å². The van der Waals surface area contributed by atoms with E-state index in [0.717, 1.165) is 43.1 Å². The quantitative estimate of drug-likeness (QED) is 0.321. The van der Waals surface area contributed by atoms with E-state index >= 15 is 0 Å². The topological polar surface area (TPSA) is 39.2 Å². The Morgan fingerprint density at radius 2 is 1.67 bits per heavy atom. The maximum atomic E-state index is 13.9. The lowest BCUT2D eigenvalue weighted by atomic mass is 9.74. The molecule has 2 aromatic rings. The van der Waals surface area contributed by atoms with Crippen molar-refractivity contribution < 1.29 is 14.0 Å². The lowest BCUT2D eigenvalue weighted by molar-refractivity contribution is -0.946. The van der Waals surface area contributed by atoms with E-state index in [-0.39, 0.29) is 12.1 Å². The molecule has 3 aliphatic heterocycles. The van der Waals surface area contributed by atoms with Crippen LogP contribution in [0, 0.1) is 5.92 Å². The molecule has 4 nitrogen and oxygen atoms in total. The van der Waals surface area contributed by atoms with E-state index in [0.29, 0.717) is 5.92 Å². The zero-order valence-electron chi connectivity index (χ0n) is 20.0. The number of quaternary nitrogens is 1. The summed E-state index contributed by atoms with van der Waals surface area (Å²) in [5, 5.41) is 0. The van der Waals surface area contributed by atoms with E-state index in [1.54, 1.807) is 0 Å². The molecule has 0 unspecified atom stereocenters. The van der Waals surface area contributed by atoms with Gasteiger partial charge in [-0.25, -0.2) is 0 Å². The minimum Gasteiger partial charge on any atom is -0.455 e. The number of benzene rings is 1. The molecule has 1 atom stereocenters. The monoisotopic (exact) mass is 447 g/mol. The summed E-state index contributed by atoms with van der Waals surface area (Å²) in [5.74, 6) is 0.608. The van der Waals surface area contributed by atoms with Crippen LogP contribution < -0.4 is 0 Å². The zero-order chi connectivity index (χ0) is 22.6. The first kappa shape index (κ1) is 22.6. The minimum atomic E-state index is -0.448. The van der Waals surface area contributed by atoms with Crippen molar-refractivity contribution in [1.82, 2.24) is 4.98 Å². The van der Waals surface area contributed by atoms with Gasteiger partial charge in [0.2, 0.25) is 0 Å². The molecule has 0 radical (unpaired) electrons. The predicted molar refractivity (Wildman–Crippen MR) is 131 cm³/mol. The van der Waals surface area contributed by atoms with Gasteiger partial charge >= 0.3 is 5.97 Å². The molecule has 6 rings (SSSR count). The van der Waals surface area contributed by atoms with Gasteiger partial charge in [-0.2, -0.15) is 0 Å². The summed E-state index contributed by atoms with van der Waals surface area (Å²) in [6, 6.07) is 14.8. The molecule has 4 heterocycles. The van der Waals surface area contributed by atoms with Gasteiger partial charge in [0.15, 0.2) is 6.10 Å². The van der Waals surface area contributed by atoms with Crippen LogP contribution in [0.4, 0.5) is 0 Å². The average molecular weight is 448 g/mol. The van der Waals surface area contributed by atoms with Gasteiger partial charge in [0.05, 0.1) is 25.0 Å². The lowest BCUT2D eigenvalue weighted by Crippen LogP contribution is -2.65.